The number of halogens is 3. The van der Waals surface area contributed by atoms with E-state index in [9.17, 15) is 13.2 Å². The molecule has 2 heterocycles. The lowest BCUT2D eigenvalue weighted by atomic mass is 9.85. The third-order valence-electron chi connectivity index (χ3n) is 3.72. The maximum absolute atomic E-state index is 12.9. The lowest BCUT2D eigenvalue weighted by Gasteiger charge is -2.20. The van der Waals surface area contributed by atoms with Gasteiger partial charge in [-0.05, 0) is 19.3 Å². The lowest BCUT2D eigenvalue weighted by molar-refractivity contribution is -0.142. The summed E-state index contributed by atoms with van der Waals surface area (Å²) in [6.07, 6.45) is -0.272. The number of aliphatic hydroxyl groups excluding tert-OH is 1. The van der Waals surface area contributed by atoms with Gasteiger partial charge < -0.3 is 9.52 Å². The Balaban J connectivity index is 1.78. The van der Waals surface area contributed by atoms with Crippen LogP contribution in [0.5, 0.6) is 0 Å². The van der Waals surface area contributed by atoms with Crippen LogP contribution in [-0.4, -0.2) is 31.7 Å². The van der Waals surface area contributed by atoms with E-state index in [1.54, 1.807) is 0 Å². The molecular weight excluding hydrogens is 301 g/mol. The largest absolute Gasteiger partial charge is 0.435 e. The summed E-state index contributed by atoms with van der Waals surface area (Å²) in [5, 5.41) is 20.2. The smallest absolute Gasteiger partial charge is 0.423 e. The summed E-state index contributed by atoms with van der Waals surface area (Å²) in [4.78, 5) is 0. The van der Waals surface area contributed by atoms with Crippen molar-refractivity contribution in [3.8, 4) is 0 Å². The number of rotatable bonds is 5. The Hall–Kier alpha value is -1.90. The standard InChI is InChI=1S/C13H15F3N4O2/c14-13(15,16)11-9(4-5-21)6-20(19-11)7-10-17-18-12(22-10)8-2-1-3-8/h6,8,21H,1-5,7H2. The van der Waals surface area contributed by atoms with Crippen molar-refractivity contribution < 1.29 is 22.7 Å². The zero-order valence-electron chi connectivity index (χ0n) is 11.7. The van der Waals surface area contributed by atoms with Crippen LogP contribution in [0.25, 0.3) is 0 Å². The second-order valence-electron chi connectivity index (χ2n) is 5.33. The molecule has 0 aromatic carbocycles. The molecule has 0 radical (unpaired) electrons. The normalized spacial score (nSPS) is 16.0. The molecule has 2 aromatic rings. The minimum Gasteiger partial charge on any atom is -0.423 e. The van der Waals surface area contributed by atoms with Crippen LogP contribution in [0.1, 0.15) is 48.2 Å². The molecule has 0 aliphatic heterocycles. The molecule has 22 heavy (non-hydrogen) atoms. The fraction of sp³-hybridized carbons (Fsp3) is 0.615. The van der Waals surface area contributed by atoms with Gasteiger partial charge in [-0.25, -0.2) is 0 Å². The van der Waals surface area contributed by atoms with E-state index in [0.29, 0.717) is 5.89 Å². The predicted molar refractivity (Wildman–Crippen MR) is 68.0 cm³/mol. The van der Waals surface area contributed by atoms with Gasteiger partial charge in [0.05, 0.1) is 0 Å². The average Bonchev–Trinajstić information content (AvgIpc) is 2.95. The minimum absolute atomic E-state index is 0.0196. The molecule has 2 aromatic heterocycles. The number of nitrogens with zero attached hydrogens (tertiary/aromatic N) is 4. The van der Waals surface area contributed by atoms with Gasteiger partial charge in [0, 0.05) is 24.3 Å². The Labute approximate surface area is 124 Å². The first-order valence-electron chi connectivity index (χ1n) is 7.04. The van der Waals surface area contributed by atoms with Gasteiger partial charge in [-0.1, -0.05) is 6.42 Å². The SMILES string of the molecule is OCCc1cn(Cc2nnc(C3CCC3)o2)nc1C(F)(F)F. The van der Waals surface area contributed by atoms with Crippen molar-refractivity contribution in [3.63, 3.8) is 0 Å². The first kappa shape index (κ1) is 15.0. The van der Waals surface area contributed by atoms with E-state index in [1.807, 2.05) is 0 Å². The zero-order chi connectivity index (χ0) is 15.7. The number of alkyl halides is 3. The summed E-state index contributed by atoms with van der Waals surface area (Å²) >= 11 is 0. The second kappa shape index (κ2) is 5.71. The van der Waals surface area contributed by atoms with Crippen molar-refractivity contribution in [2.75, 3.05) is 6.61 Å². The molecule has 0 spiro atoms. The van der Waals surface area contributed by atoms with Gasteiger partial charge in [0.2, 0.25) is 11.8 Å². The molecule has 9 heteroatoms. The first-order chi connectivity index (χ1) is 10.5. The summed E-state index contributed by atoms with van der Waals surface area (Å²) in [7, 11) is 0. The topological polar surface area (TPSA) is 77.0 Å². The van der Waals surface area contributed by atoms with E-state index < -0.39 is 11.9 Å². The second-order valence-corrected chi connectivity index (χ2v) is 5.33. The summed E-state index contributed by atoms with van der Waals surface area (Å²) in [5.41, 5.74) is -1.03. The summed E-state index contributed by atoms with van der Waals surface area (Å²) in [6, 6.07) is 0. The van der Waals surface area contributed by atoms with Gasteiger partial charge in [0.25, 0.3) is 0 Å². The monoisotopic (exact) mass is 316 g/mol. The van der Waals surface area contributed by atoms with Gasteiger partial charge in [0.15, 0.2) is 5.69 Å². The molecular formula is C13H15F3N4O2. The number of aromatic nitrogens is 4. The molecule has 120 valence electrons. The number of hydrogen-bond donors (Lipinski definition) is 1. The molecule has 1 aliphatic rings. The Morgan fingerprint density at radius 1 is 1.32 bits per heavy atom. The summed E-state index contributed by atoms with van der Waals surface area (Å²) < 4.78 is 45.2. The highest BCUT2D eigenvalue weighted by atomic mass is 19.4. The van der Waals surface area contributed by atoms with Gasteiger partial charge in [-0.2, -0.15) is 18.3 Å². The maximum atomic E-state index is 12.9. The van der Waals surface area contributed by atoms with Crippen LogP contribution in [0.15, 0.2) is 10.6 Å². The molecule has 0 atom stereocenters. The molecule has 3 rings (SSSR count). The lowest BCUT2D eigenvalue weighted by Crippen LogP contribution is -2.11. The number of hydrogen-bond acceptors (Lipinski definition) is 5. The van der Waals surface area contributed by atoms with E-state index in [2.05, 4.69) is 15.3 Å². The van der Waals surface area contributed by atoms with E-state index >= 15 is 0 Å². The van der Waals surface area contributed by atoms with Crippen molar-refractivity contribution in [1.29, 1.82) is 0 Å². The first-order valence-corrected chi connectivity index (χ1v) is 7.04. The van der Waals surface area contributed by atoms with Crippen LogP contribution in [0.2, 0.25) is 0 Å². The van der Waals surface area contributed by atoms with Crippen molar-refractivity contribution in [2.24, 2.45) is 0 Å². The molecule has 1 saturated carbocycles. The maximum Gasteiger partial charge on any atom is 0.435 e. The Morgan fingerprint density at radius 3 is 2.68 bits per heavy atom. The van der Waals surface area contributed by atoms with Crippen molar-refractivity contribution in [2.45, 2.75) is 44.3 Å². The molecule has 0 saturated heterocycles. The highest BCUT2D eigenvalue weighted by Crippen LogP contribution is 2.35. The zero-order valence-corrected chi connectivity index (χ0v) is 11.7. The molecule has 1 N–H and O–H groups in total. The quantitative estimate of drug-likeness (QED) is 0.914. The molecule has 6 nitrogen and oxygen atoms in total. The van der Waals surface area contributed by atoms with Crippen molar-refractivity contribution >= 4 is 0 Å². The molecule has 1 fully saturated rings. The van der Waals surface area contributed by atoms with Crippen LogP contribution >= 0.6 is 0 Å². The van der Waals surface area contributed by atoms with Crippen LogP contribution < -0.4 is 0 Å². The third-order valence-corrected chi connectivity index (χ3v) is 3.72. The highest BCUT2D eigenvalue weighted by molar-refractivity contribution is 5.20. The van der Waals surface area contributed by atoms with E-state index in [4.69, 9.17) is 9.52 Å². The van der Waals surface area contributed by atoms with Crippen LogP contribution in [0.3, 0.4) is 0 Å². The van der Waals surface area contributed by atoms with Crippen LogP contribution in [-0.2, 0) is 19.1 Å². The number of aliphatic hydroxyl groups is 1. The molecule has 0 unspecified atom stereocenters. The van der Waals surface area contributed by atoms with Gasteiger partial charge >= 0.3 is 6.18 Å². The van der Waals surface area contributed by atoms with E-state index in [1.165, 1.54) is 6.20 Å². The molecule has 0 amide bonds. The fourth-order valence-corrected chi connectivity index (χ4v) is 2.37. The Kier molecular flexibility index (Phi) is 3.90. The Bertz CT molecular complexity index is 646. The van der Waals surface area contributed by atoms with Crippen molar-refractivity contribution in [1.82, 2.24) is 20.0 Å². The van der Waals surface area contributed by atoms with Gasteiger partial charge in [-0.15, -0.1) is 10.2 Å². The van der Waals surface area contributed by atoms with Crippen LogP contribution in [0.4, 0.5) is 13.2 Å². The summed E-state index contributed by atoms with van der Waals surface area (Å²) in [5.74, 6) is 1.04. The van der Waals surface area contributed by atoms with Gasteiger partial charge in [0.1, 0.15) is 6.54 Å². The fourth-order valence-electron chi connectivity index (χ4n) is 2.37. The minimum atomic E-state index is -4.55. The predicted octanol–water partition coefficient (Wildman–Crippen LogP) is 2.14. The summed E-state index contributed by atoms with van der Waals surface area (Å²) in [6.45, 7) is -0.393. The highest BCUT2D eigenvalue weighted by Gasteiger charge is 2.37. The Morgan fingerprint density at radius 2 is 2.09 bits per heavy atom. The van der Waals surface area contributed by atoms with E-state index in [-0.39, 0.29) is 36.9 Å². The van der Waals surface area contributed by atoms with Crippen molar-refractivity contribution in [3.05, 3.63) is 29.2 Å². The van der Waals surface area contributed by atoms with Crippen LogP contribution in [0, 0.1) is 0 Å². The molecule has 0 bridgehead atoms. The van der Waals surface area contributed by atoms with Gasteiger partial charge in [-0.3, -0.25) is 4.68 Å². The average molecular weight is 316 g/mol. The van der Waals surface area contributed by atoms with E-state index in [0.717, 1.165) is 23.9 Å². The molecule has 1 aliphatic carbocycles. The third kappa shape index (κ3) is 2.99.